The van der Waals surface area contributed by atoms with Crippen molar-refractivity contribution in [3.63, 3.8) is 0 Å². The van der Waals surface area contributed by atoms with Crippen molar-refractivity contribution in [2.24, 2.45) is 5.73 Å². The standard InChI is InChI=1S/C22H25N4O2/c1-26(2,13-7-12-23)21-18-9-4-5-10-19(18)24-22(25-21)27-15-17-14-16-8-3-6-11-20(16)28-17/h3-6,8-11,14H,7,12-13,15,23H2,1-2H3/q+1. The number of nitrogens with two attached hydrogens (primary N) is 1. The van der Waals surface area contributed by atoms with E-state index < -0.39 is 0 Å². The molecule has 2 aromatic heterocycles. The Labute approximate surface area is 164 Å². The quantitative estimate of drug-likeness (QED) is 0.495. The first-order chi connectivity index (χ1) is 13.6. The van der Waals surface area contributed by atoms with E-state index in [2.05, 4.69) is 25.1 Å². The van der Waals surface area contributed by atoms with Crippen LogP contribution in [0.5, 0.6) is 6.01 Å². The summed E-state index contributed by atoms with van der Waals surface area (Å²) in [6.45, 7) is 1.82. The number of aromatic nitrogens is 2. The molecule has 0 saturated heterocycles. The molecule has 0 radical (unpaired) electrons. The minimum absolute atomic E-state index is 0.280. The lowest BCUT2D eigenvalue weighted by atomic mass is 10.2. The Morgan fingerprint density at radius 2 is 1.82 bits per heavy atom. The van der Waals surface area contributed by atoms with Gasteiger partial charge in [-0.3, -0.25) is 4.48 Å². The van der Waals surface area contributed by atoms with E-state index in [4.69, 9.17) is 19.9 Å². The van der Waals surface area contributed by atoms with Gasteiger partial charge in [-0.05, 0) is 30.8 Å². The number of nitrogens with zero attached hydrogens (tertiary/aromatic N) is 3. The number of ether oxygens (including phenoxy) is 1. The van der Waals surface area contributed by atoms with Gasteiger partial charge in [-0.15, -0.1) is 4.98 Å². The number of benzene rings is 2. The maximum Gasteiger partial charge on any atom is 0.322 e. The van der Waals surface area contributed by atoms with Crippen LogP contribution in [0.2, 0.25) is 0 Å². The first-order valence-electron chi connectivity index (χ1n) is 9.47. The fraction of sp³-hybridized carbons (Fsp3) is 0.273. The fourth-order valence-corrected chi connectivity index (χ4v) is 3.40. The Balaban J connectivity index is 1.65. The zero-order chi connectivity index (χ0) is 19.6. The number of quaternary nitrogens is 1. The summed E-state index contributed by atoms with van der Waals surface area (Å²) in [7, 11) is 4.26. The summed E-state index contributed by atoms with van der Waals surface area (Å²) in [5, 5.41) is 2.08. The molecular formula is C22H25N4O2+. The molecule has 0 aliphatic rings. The Bertz CT molecular complexity index is 1070. The minimum atomic E-state index is 0.280. The van der Waals surface area contributed by atoms with Gasteiger partial charge in [-0.2, -0.15) is 4.98 Å². The molecule has 0 spiro atoms. The molecule has 0 aliphatic heterocycles. The van der Waals surface area contributed by atoms with Crippen LogP contribution in [0.3, 0.4) is 0 Å². The normalized spacial score (nSPS) is 12.0. The zero-order valence-electron chi connectivity index (χ0n) is 16.3. The van der Waals surface area contributed by atoms with E-state index >= 15 is 0 Å². The highest BCUT2D eigenvalue weighted by molar-refractivity contribution is 5.88. The van der Waals surface area contributed by atoms with E-state index in [0.29, 0.717) is 17.0 Å². The van der Waals surface area contributed by atoms with Gasteiger partial charge in [0, 0.05) is 11.8 Å². The van der Waals surface area contributed by atoms with Gasteiger partial charge in [0.1, 0.15) is 18.0 Å². The van der Waals surface area contributed by atoms with E-state index in [0.717, 1.165) is 46.4 Å². The van der Waals surface area contributed by atoms with E-state index in [1.165, 1.54) is 0 Å². The molecule has 4 aromatic rings. The second-order valence-electron chi connectivity index (χ2n) is 7.44. The maximum atomic E-state index is 5.92. The summed E-state index contributed by atoms with van der Waals surface area (Å²) in [5.74, 6) is 1.68. The van der Waals surface area contributed by atoms with Crippen LogP contribution in [0, 0.1) is 0 Å². The number of furan rings is 1. The number of rotatable bonds is 7. The van der Waals surface area contributed by atoms with Crippen LogP contribution in [0.4, 0.5) is 5.82 Å². The van der Waals surface area contributed by atoms with Gasteiger partial charge in [0.15, 0.2) is 0 Å². The molecule has 2 N–H and O–H groups in total. The average molecular weight is 377 g/mol. The SMILES string of the molecule is C[N+](C)(CCCN)c1nc(OCc2cc3ccccc3o2)nc2ccccc12. The lowest BCUT2D eigenvalue weighted by Crippen LogP contribution is -2.43. The molecule has 2 heterocycles. The molecule has 144 valence electrons. The predicted molar refractivity (Wildman–Crippen MR) is 112 cm³/mol. The minimum Gasteiger partial charge on any atom is -0.457 e. The topological polar surface area (TPSA) is 74.2 Å². The van der Waals surface area contributed by atoms with Gasteiger partial charge in [0.2, 0.25) is 5.82 Å². The molecule has 6 nitrogen and oxygen atoms in total. The largest absolute Gasteiger partial charge is 0.457 e. The van der Waals surface area contributed by atoms with E-state index in [9.17, 15) is 0 Å². The van der Waals surface area contributed by atoms with Crippen molar-refractivity contribution in [1.29, 1.82) is 0 Å². The number of hydrogen-bond donors (Lipinski definition) is 1. The average Bonchev–Trinajstić information content (AvgIpc) is 3.13. The van der Waals surface area contributed by atoms with Crippen LogP contribution in [-0.2, 0) is 6.61 Å². The smallest absolute Gasteiger partial charge is 0.322 e. The fourth-order valence-electron chi connectivity index (χ4n) is 3.40. The van der Waals surface area contributed by atoms with E-state index in [1.54, 1.807) is 0 Å². The van der Waals surface area contributed by atoms with Gasteiger partial charge in [-0.1, -0.05) is 30.3 Å². The van der Waals surface area contributed by atoms with Gasteiger partial charge < -0.3 is 14.9 Å². The van der Waals surface area contributed by atoms with Crippen LogP contribution in [0.25, 0.3) is 21.9 Å². The monoisotopic (exact) mass is 377 g/mol. The lowest BCUT2D eigenvalue weighted by molar-refractivity contribution is 0.252. The highest BCUT2D eigenvalue weighted by Gasteiger charge is 2.25. The van der Waals surface area contributed by atoms with E-state index in [1.807, 2.05) is 48.5 Å². The van der Waals surface area contributed by atoms with Crippen LogP contribution < -0.4 is 15.0 Å². The molecule has 0 atom stereocenters. The molecule has 28 heavy (non-hydrogen) atoms. The molecule has 0 bridgehead atoms. The highest BCUT2D eigenvalue weighted by atomic mass is 16.5. The first kappa shape index (κ1) is 18.4. The molecule has 0 unspecified atom stereocenters. The molecule has 6 heteroatoms. The Morgan fingerprint density at radius 3 is 2.64 bits per heavy atom. The van der Waals surface area contributed by atoms with Crippen molar-refractivity contribution in [3.8, 4) is 6.01 Å². The molecule has 2 aromatic carbocycles. The highest BCUT2D eigenvalue weighted by Crippen LogP contribution is 2.29. The van der Waals surface area contributed by atoms with Crippen LogP contribution in [-0.4, -0.2) is 37.2 Å². The zero-order valence-corrected chi connectivity index (χ0v) is 16.3. The molecular weight excluding hydrogens is 352 g/mol. The second-order valence-corrected chi connectivity index (χ2v) is 7.44. The van der Waals surface area contributed by atoms with E-state index in [-0.39, 0.29) is 6.61 Å². The predicted octanol–water partition coefficient (Wildman–Crippen LogP) is 3.87. The third-order valence-corrected chi connectivity index (χ3v) is 4.88. The summed E-state index contributed by atoms with van der Waals surface area (Å²) in [6, 6.07) is 18.3. The van der Waals surface area contributed by atoms with Crippen LogP contribution in [0.15, 0.2) is 59.0 Å². The van der Waals surface area contributed by atoms with Gasteiger partial charge in [0.05, 0.1) is 31.5 Å². The summed E-state index contributed by atoms with van der Waals surface area (Å²) < 4.78 is 12.4. The van der Waals surface area contributed by atoms with Gasteiger partial charge in [-0.25, -0.2) is 0 Å². The molecule has 0 amide bonds. The summed E-state index contributed by atoms with van der Waals surface area (Å²) >= 11 is 0. The first-order valence-corrected chi connectivity index (χ1v) is 9.47. The summed E-state index contributed by atoms with van der Waals surface area (Å²) in [5.41, 5.74) is 7.44. The van der Waals surface area contributed by atoms with Crippen molar-refractivity contribution in [3.05, 3.63) is 60.4 Å². The summed E-state index contributed by atoms with van der Waals surface area (Å²) in [6.07, 6.45) is 0.917. The van der Waals surface area contributed by atoms with Crippen molar-refractivity contribution in [2.45, 2.75) is 13.0 Å². The van der Waals surface area contributed by atoms with Gasteiger partial charge >= 0.3 is 6.01 Å². The van der Waals surface area contributed by atoms with Crippen LogP contribution in [0.1, 0.15) is 12.2 Å². The lowest BCUT2D eigenvalue weighted by Gasteiger charge is -2.28. The van der Waals surface area contributed by atoms with Crippen LogP contribution >= 0.6 is 0 Å². The van der Waals surface area contributed by atoms with Crippen molar-refractivity contribution < 1.29 is 9.15 Å². The third-order valence-electron chi connectivity index (χ3n) is 4.88. The Hall–Kier alpha value is -2.96. The van der Waals surface area contributed by atoms with Crippen molar-refractivity contribution >= 4 is 27.7 Å². The number of fused-ring (bicyclic) bond motifs is 2. The summed E-state index contributed by atoms with van der Waals surface area (Å²) in [4.78, 5) is 9.34. The Morgan fingerprint density at radius 1 is 1.04 bits per heavy atom. The number of para-hydroxylation sites is 2. The molecule has 0 saturated carbocycles. The Kier molecular flexibility index (Phi) is 4.98. The van der Waals surface area contributed by atoms with Crippen molar-refractivity contribution in [1.82, 2.24) is 14.5 Å². The number of hydrogen-bond acceptors (Lipinski definition) is 5. The second kappa shape index (κ2) is 7.58. The van der Waals surface area contributed by atoms with Gasteiger partial charge in [0.25, 0.3) is 0 Å². The molecule has 4 rings (SSSR count). The maximum absolute atomic E-state index is 5.92. The third kappa shape index (κ3) is 3.69. The van der Waals surface area contributed by atoms with Crippen molar-refractivity contribution in [2.75, 3.05) is 27.2 Å². The molecule has 0 fully saturated rings. The molecule has 0 aliphatic carbocycles.